The Bertz CT molecular complexity index is 630. The van der Waals surface area contributed by atoms with Gasteiger partial charge in [0, 0.05) is 6.04 Å². The monoisotopic (exact) mass is 347 g/mol. The Balaban J connectivity index is 0.00000242. The first-order valence-electron chi connectivity index (χ1n) is 7.03. The minimum atomic E-state index is -3.39. The van der Waals surface area contributed by atoms with E-state index in [1.54, 1.807) is 38.1 Å². The Morgan fingerprint density at radius 2 is 1.95 bits per heavy atom. The second-order valence-electron chi connectivity index (χ2n) is 5.48. The highest BCUT2D eigenvalue weighted by atomic mass is 35.5. The Morgan fingerprint density at radius 3 is 2.55 bits per heavy atom. The van der Waals surface area contributed by atoms with E-state index in [9.17, 15) is 13.2 Å². The summed E-state index contributed by atoms with van der Waals surface area (Å²) in [5.74, 6) is -0.653. The molecule has 124 valence electrons. The lowest BCUT2D eigenvalue weighted by Gasteiger charge is -2.21. The molecule has 0 aromatic heterocycles. The normalized spacial score (nSPS) is 21.5. The molecule has 1 saturated heterocycles. The van der Waals surface area contributed by atoms with Crippen molar-refractivity contribution in [3.8, 4) is 0 Å². The molecule has 0 aliphatic carbocycles. The van der Waals surface area contributed by atoms with Gasteiger partial charge in [-0.3, -0.25) is 4.79 Å². The van der Waals surface area contributed by atoms with Crippen molar-refractivity contribution < 1.29 is 17.9 Å². The Kier molecular flexibility index (Phi) is 6.40. The van der Waals surface area contributed by atoms with Crippen molar-refractivity contribution in [2.75, 3.05) is 13.7 Å². The van der Waals surface area contributed by atoms with Crippen LogP contribution in [0.25, 0.3) is 0 Å². The summed E-state index contributed by atoms with van der Waals surface area (Å²) >= 11 is 0. The predicted octanol–water partition coefficient (Wildman–Crippen LogP) is 2.11. The van der Waals surface area contributed by atoms with Crippen LogP contribution in [0.5, 0.6) is 0 Å². The minimum Gasteiger partial charge on any atom is -0.469 e. The summed E-state index contributed by atoms with van der Waals surface area (Å²) in [5.41, 5.74) is 0.652. The third-order valence-electron chi connectivity index (χ3n) is 3.91. The third kappa shape index (κ3) is 3.45. The summed E-state index contributed by atoms with van der Waals surface area (Å²) in [4.78, 5) is 12.2. The molecule has 1 fully saturated rings. The fraction of sp³-hybridized carbons (Fsp3) is 0.533. The quantitative estimate of drug-likeness (QED) is 0.844. The average molecular weight is 348 g/mol. The van der Waals surface area contributed by atoms with Crippen LogP contribution in [0.1, 0.15) is 31.9 Å². The maximum Gasteiger partial charge on any atom is 0.310 e. The minimum absolute atomic E-state index is 0. The summed E-state index contributed by atoms with van der Waals surface area (Å²) in [6.45, 7) is 3.98. The zero-order chi connectivity index (χ0) is 15.6. The fourth-order valence-electron chi connectivity index (χ4n) is 2.69. The summed E-state index contributed by atoms with van der Waals surface area (Å²) in [5, 5.41) is 2.72. The van der Waals surface area contributed by atoms with Crippen LogP contribution in [-0.2, 0) is 19.4 Å². The van der Waals surface area contributed by atoms with Gasteiger partial charge >= 0.3 is 5.97 Å². The topological polar surface area (TPSA) is 72.5 Å². The van der Waals surface area contributed by atoms with Crippen LogP contribution in [0, 0.1) is 5.92 Å². The van der Waals surface area contributed by atoms with Crippen molar-refractivity contribution in [3.05, 3.63) is 29.8 Å². The number of carbonyl (C=O) groups excluding carboxylic acids is 1. The average Bonchev–Trinajstić information content (AvgIpc) is 2.95. The SMILES string of the molecule is COC(=O)[C@H]1CCN[C@H]1c1ccccc1S(=O)(=O)C(C)C.Cl. The smallest absolute Gasteiger partial charge is 0.310 e. The molecule has 2 rings (SSSR count). The van der Waals surface area contributed by atoms with Crippen LogP contribution in [0.15, 0.2) is 29.2 Å². The molecular weight excluding hydrogens is 326 g/mol. The van der Waals surface area contributed by atoms with Crippen molar-refractivity contribution in [1.29, 1.82) is 0 Å². The molecule has 0 radical (unpaired) electrons. The van der Waals surface area contributed by atoms with Gasteiger partial charge in [-0.2, -0.15) is 0 Å². The molecule has 1 heterocycles. The van der Waals surface area contributed by atoms with Gasteiger partial charge in [-0.1, -0.05) is 18.2 Å². The highest BCUT2D eigenvalue weighted by Crippen LogP contribution is 2.35. The zero-order valence-electron chi connectivity index (χ0n) is 12.9. The van der Waals surface area contributed by atoms with Gasteiger partial charge < -0.3 is 10.1 Å². The van der Waals surface area contributed by atoms with Crippen LogP contribution < -0.4 is 5.32 Å². The molecule has 0 unspecified atom stereocenters. The van der Waals surface area contributed by atoms with E-state index in [4.69, 9.17) is 4.74 Å². The number of sulfone groups is 1. The number of halogens is 1. The number of rotatable bonds is 4. The van der Waals surface area contributed by atoms with E-state index in [0.29, 0.717) is 23.4 Å². The number of carbonyl (C=O) groups is 1. The Hall–Kier alpha value is -1.11. The number of ether oxygens (including phenoxy) is 1. The van der Waals surface area contributed by atoms with Crippen LogP contribution in [-0.4, -0.2) is 33.3 Å². The van der Waals surface area contributed by atoms with Gasteiger partial charge in [0.2, 0.25) is 0 Å². The first-order chi connectivity index (χ1) is 9.89. The molecule has 7 heteroatoms. The second kappa shape index (κ2) is 7.44. The Morgan fingerprint density at radius 1 is 1.32 bits per heavy atom. The molecule has 0 bridgehead atoms. The van der Waals surface area contributed by atoms with E-state index in [2.05, 4.69) is 5.32 Å². The van der Waals surface area contributed by atoms with Crippen molar-refractivity contribution in [2.24, 2.45) is 5.92 Å². The molecule has 0 spiro atoms. The van der Waals surface area contributed by atoms with Gasteiger partial charge in [-0.05, 0) is 38.4 Å². The molecule has 2 atom stereocenters. The molecule has 22 heavy (non-hydrogen) atoms. The van der Waals surface area contributed by atoms with Crippen LogP contribution in [0.3, 0.4) is 0 Å². The van der Waals surface area contributed by atoms with Gasteiger partial charge in [-0.15, -0.1) is 12.4 Å². The molecule has 0 amide bonds. The van der Waals surface area contributed by atoms with Gasteiger partial charge in [0.05, 0.1) is 23.2 Å². The number of hydrogen-bond donors (Lipinski definition) is 1. The lowest BCUT2D eigenvalue weighted by Crippen LogP contribution is -2.27. The summed E-state index contributed by atoms with van der Waals surface area (Å²) in [7, 11) is -2.04. The molecule has 1 aliphatic rings. The van der Waals surface area contributed by atoms with Gasteiger partial charge in [0.25, 0.3) is 0 Å². The zero-order valence-corrected chi connectivity index (χ0v) is 14.5. The number of benzene rings is 1. The molecular formula is C15H22ClNO4S. The maximum atomic E-state index is 12.5. The van der Waals surface area contributed by atoms with Crippen molar-refractivity contribution in [2.45, 2.75) is 36.5 Å². The van der Waals surface area contributed by atoms with E-state index >= 15 is 0 Å². The number of nitrogens with one attached hydrogen (secondary N) is 1. The first kappa shape index (κ1) is 18.9. The summed E-state index contributed by atoms with van der Waals surface area (Å²) in [6, 6.07) is 6.57. The first-order valence-corrected chi connectivity index (χ1v) is 8.58. The highest BCUT2D eigenvalue weighted by molar-refractivity contribution is 7.92. The largest absolute Gasteiger partial charge is 0.469 e. The Labute approximate surface area is 137 Å². The number of methoxy groups -OCH3 is 1. The van der Waals surface area contributed by atoms with Gasteiger partial charge in [0.1, 0.15) is 0 Å². The summed E-state index contributed by atoms with van der Waals surface area (Å²) < 4.78 is 29.9. The van der Waals surface area contributed by atoms with Crippen LogP contribution in [0.4, 0.5) is 0 Å². The number of hydrogen-bond acceptors (Lipinski definition) is 5. The van der Waals surface area contributed by atoms with Crippen molar-refractivity contribution in [1.82, 2.24) is 5.32 Å². The highest BCUT2D eigenvalue weighted by Gasteiger charge is 2.37. The van der Waals surface area contributed by atoms with E-state index in [1.807, 2.05) is 0 Å². The standard InChI is InChI=1S/C15H21NO4S.ClH/c1-10(2)21(18,19)13-7-5-4-6-11(13)14-12(8-9-16-14)15(17)20-3;/h4-7,10,12,14,16H,8-9H2,1-3H3;1H/t12-,14-;/m0./s1. The van der Waals surface area contributed by atoms with E-state index in [1.165, 1.54) is 7.11 Å². The fourth-order valence-corrected chi connectivity index (χ4v) is 3.99. The molecule has 1 aromatic rings. The summed E-state index contributed by atoms with van der Waals surface area (Å²) in [6.07, 6.45) is 0.646. The van der Waals surface area contributed by atoms with E-state index < -0.39 is 15.1 Å². The van der Waals surface area contributed by atoms with E-state index in [0.717, 1.165) is 0 Å². The van der Waals surface area contributed by atoms with Crippen molar-refractivity contribution in [3.63, 3.8) is 0 Å². The lowest BCUT2D eigenvalue weighted by molar-refractivity contribution is -0.145. The third-order valence-corrected chi connectivity index (χ3v) is 6.13. The van der Waals surface area contributed by atoms with Crippen molar-refractivity contribution >= 4 is 28.2 Å². The molecule has 0 saturated carbocycles. The maximum absolute atomic E-state index is 12.5. The van der Waals surface area contributed by atoms with Gasteiger partial charge in [-0.25, -0.2) is 8.42 Å². The van der Waals surface area contributed by atoms with Crippen LogP contribution >= 0.6 is 12.4 Å². The lowest BCUT2D eigenvalue weighted by atomic mass is 9.94. The molecule has 1 aliphatic heterocycles. The molecule has 1 aromatic carbocycles. The van der Waals surface area contributed by atoms with Crippen LogP contribution in [0.2, 0.25) is 0 Å². The van der Waals surface area contributed by atoms with Gasteiger partial charge in [0.15, 0.2) is 9.84 Å². The predicted molar refractivity (Wildman–Crippen MR) is 86.9 cm³/mol. The number of esters is 1. The van der Waals surface area contributed by atoms with E-state index in [-0.39, 0.29) is 30.3 Å². The molecule has 5 nitrogen and oxygen atoms in total. The molecule has 1 N–H and O–H groups in total. The second-order valence-corrected chi connectivity index (χ2v) is 7.95.